The number of nitrogens with one attached hydrogen (secondary N) is 1. The van der Waals surface area contributed by atoms with E-state index in [9.17, 15) is 4.79 Å². The van der Waals surface area contributed by atoms with Gasteiger partial charge in [-0.15, -0.1) is 0 Å². The predicted octanol–water partition coefficient (Wildman–Crippen LogP) is 7.27. The largest absolute Gasteiger partial charge is 0.491 e. The van der Waals surface area contributed by atoms with E-state index in [-0.39, 0.29) is 6.10 Å². The van der Waals surface area contributed by atoms with Crippen LogP contribution in [0.2, 0.25) is 0 Å². The van der Waals surface area contributed by atoms with Gasteiger partial charge in [-0.1, -0.05) is 56.8 Å². The van der Waals surface area contributed by atoms with Crippen molar-refractivity contribution < 1.29 is 28.5 Å². The molecule has 0 amide bonds. The standard InChI is InChI=1S/C35H41NO6/c1-5-9-27-10-12-29(13-11-27)30-16-19-34(31(22-30)23-36)42-26(3)28-14-17-32(18-15-28)41-25-33(38-4)24-39-20-7-8-21-40-35(37)6-2/h6,10-19,22-23,33,36H,2-3,5,7-9,20-21,24-25H2,1,4H3. The van der Waals surface area contributed by atoms with Gasteiger partial charge in [-0.3, -0.25) is 0 Å². The number of carbonyl (C=O) groups excluding carboxylic acids is 1. The third-order valence-corrected chi connectivity index (χ3v) is 6.57. The van der Waals surface area contributed by atoms with Crippen molar-refractivity contribution in [3.05, 3.63) is 103 Å². The van der Waals surface area contributed by atoms with Crippen LogP contribution < -0.4 is 9.47 Å². The fourth-order valence-corrected chi connectivity index (χ4v) is 4.14. The van der Waals surface area contributed by atoms with E-state index in [1.807, 2.05) is 42.5 Å². The Labute approximate surface area is 249 Å². The minimum absolute atomic E-state index is 0.224. The molecule has 0 aliphatic heterocycles. The summed E-state index contributed by atoms with van der Waals surface area (Å²) in [4.78, 5) is 11.0. The molecular formula is C35H41NO6. The van der Waals surface area contributed by atoms with Crippen molar-refractivity contribution in [1.29, 1.82) is 5.41 Å². The van der Waals surface area contributed by atoms with Crippen molar-refractivity contribution in [2.75, 3.05) is 33.5 Å². The molecule has 222 valence electrons. The van der Waals surface area contributed by atoms with Gasteiger partial charge in [-0.25, -0.2) is 4.79 Å². The lowest BCUT2D eigenvalue weighted by Crippen LogP contribution is -2.26. The summed E-state index contributed by atoms with van der Waals surface area (Å²) in [7, 11) is 1.62. The molecule has 3 rings (SSSR count). The van der Waals surface area contributed by atoms with E-state index in [0.29, 0.717) is 49.2 Å². The molecule has 0 spiro atoms. The van der Waals surface area contributed by atoms with Crippen LogP contribution in [0.15, 0.2) is 86.0 Å². The monoisotopic (exact) mass is 571 g/mol. The van der Waals surface area contributed by atoms with Crippen molar-refractivity contribution in [2.24, 2.45) is 0 Å². The maximum Gasteiger partial charge on any atom is 0.330 e. The summed E-state index contributed by atoms with van der Waals surface area (Å²) in [6.45, 7) is 11.2. The highest BCUT2D eigenvalue weighted by atomic mass is 16.6. The van der Waals surface area contributed by atoms with Gasteiger partial charge in [-0.2, -0.15) is 0 Å². The van der Waals surface area contributed by atoms with E-state index in [4.69, 9.17) is 29.1 Å². The Kier molecular flexibility index (Phi) is 13.5. The molecule has 0 saturated carbocycles. The predicted molar refractivity (Wildman–Crippen MR) is 167 cm³/mol. The molecule has 3 aromatic rings. The molecule has 0 aliphatic rings. The first-order valence-corrected chi connectivity index (χ1v) is 14.2. The van der Waals surface area contributed by atoms with Crippen LogP contribution in [-0.4, -0.2) is 51.8 Å². The molecule has 0 saturated heterocycles. The van der Waals surface area contributed by atoms with Crippen LogP contribution >= 0.6 is 0 Å². The fourth-order valence-electron chi connectivity index (χ4n) is 4.14. The first kappa shape index (κ1) is 32.3. The molecule has 0 radical (unpaired) electrons. The third kappa shape index (κ3) is 10.3. The van der Waals surface area contributed by atoms with Crippen LogP contribution in [0.1, 0.15) is 42.9 Å². The number of unbranched alkanes of at least 4 members (excludes halogenated alkanes) is 1. The second kappa shape index (κ2) is 17.6. The molecule has 42 heavy (non-hydrogen) atoms. The van der Waals surface area contributed by atoms with Crippen LogP contribution in [0.5, 0.6) is 11.5 Å². The minimum atomic E-state index is -0.413. The topological polar surface area (TPSA) is 87.1 Å². The van der Waals surface area contributed by atoms with Crippen molar-refractivity contribution in [3.8, 4) is 22.6 Å². The Morgan fingerprint density at radius 3 is 2.33 bits per heavy atom. The number of carbonyl (C=O) groups is 1. The summed E-state index contributed by atoms with van der Waals surface area (Å²) < 4.78 is 28.0. The summed E-state index contributed by atoms with van der Waals surface area (Å²) in [5, 5.41) is 7.92. The lowest BCUT2D eigenvalue weighted by atomic mass is 10.0. The second-order valence-electron chi connectivity index (χ2n) is 9.72. The second-order valence-corrected chi connectivity index (χ2v) is 9.72. The minimum Gasteiger partial charge on any atom is -0.491 e. The van der Waals surface area contributed by atoms with Crippen LogP contribution in [0.3, 0.4) is 0 Å². The van der Waals surface area contributed by atoms with Gasteiger partial charge >= 0.3 is 5.97 Å². The SMILES string of the molecule is C=CC(=O)OCCCCOCC(COc1ccc(C(=C)Oc2ccc(-c3ccc(CCC)cc3)cc2C=N)cc1)OC. The Bertz CT molecular complexity index is 1300. The van der Waals surface area contributed by atoms with Gasteiger partial charge in [0.25, 0.3) is 0 Å². The third-order valence-electron chi connectivity index (χ3n) is 6.57. The zero-order chi connectivity index (χ0) is 30.2. The number of hydrogen-bond donors (Lipinski definition) is 1. The normalized spacial score (nSPS) is 11.4. The Morgan fingerprint density at radius 1 is 0.952 bits per heavy atom. The lowest BCUT2D eigenvalue weighted by Gasteiger charge is -2.17. The first-order chi connectivity index (χ1) is 20.5. The molecule has 0 heterocycles. The van der Waals surface area contributed by atoms with E-state index >= 15 is 0 Å². The van der Waals surface area contributed by atoms with E-state index in [1.165, 1.54) is 11.8 Å². The van der Waals surface area contributed by atoms with E-state index in [2.05, 4.69) is 44.3 Å². The summed E-state index contributed by atoms with van der Waals surface area (Å²) in [6, 6.07) is 21.8. The van der Waals surface area contributed by atoms with Crippen LogP contribution in [0.4, 0.5) is 0 Å². The zero-order valence-corrected chi connectivity index (χ0v) is 24.6. The maximum atomic E-state index is 11.0. The van der Waals surface area contributed by atoms with Crippen molar-refractivity contribution in [2.45, 2.75) is 38.7 Å². The fraction of sp³-hybridized carbons (Fsp3) is 0.314. The lowest BCUT2D eigenvalue weighted by molar-refractivity contribution is -0.137. The van der Waals surface area contributed by atoms with Gasteiger partial charge in [0.15, 0.2) is 0 Å². The van der Waals surface area contributed by atoms with Gasteiger partial charge in [0.05, 0.1) is 13.2 Å². The molecule has 0 aromatic heterocycles. The summed E-state index contributed by atoms with van der Waals surface area (Å²) >= 11 is 0. The average molecular weight is 572 g/mol. The molecule has 7 nitrogen and oxygen atoms in total. The first-order valence-electron chi connectivity index (χ1n) is 14.2. The molecule has 7 heteroatoms. The number of hydrogen-bond acceptors (Lipinski definition) is 7. The summed E-state index contributed by atoms with van der Waals surface area (Å²) in [6.07, 6.45) is 5.90. The smallest absolute Gasteiger partial charge is 0.330 e. The van der Waals surface area contributed by atoms with Crippen molar-refractivity contribution >= 4 is 17.9 Å². The molecular weight excluding hydrogens is 530 g/mol. The molecule has 1 unspecified atom stereocenters. The maximum absolute atomic E-state index is 11.0. The molecule has 0 aliphatic carbocycles. The molecule has 0 fully saturated rings. The highest BCUT2D eigenvalue weighted by molar-refractivity contribution is 5.85. The van der Waals surface area contributed by atoms with Gasteiger partial charge in [0.2, 0.25) is 0 Å². The van der Waals surface area contributed by atoms with Gasteiger partial charge < -0.3 is 29.1 Å². The van der Waals surface area contributed by atoms with Crippen molar-refractivity contribution in [3.63, 3.8) is 0 Å². The molecule has 3 aromatic carbocycles. The quantitative estimate of drug-likeness (QED) is 0.0535. The Balaban J connectivity index is 1.47. The van der Waals surface area contributed by atoms with Gasteiger partial charge in [-0.05, 0) is 72.4 Å². The number of esters is 1. The Morgan fingerprint density at radius 2 is 1.67 bits per heavy atom. The summed E-state index contributed by atoms with van der Waals surface area (Å²) in [5.74, 6) is 1.32. The number of ether oxygens (including phenoxy) is 5. The van der Waals surface area contributed by atoms with Gasteiger partial charge in [0.1, 0.15) is 30.0 Å². The number of aryl methyl sites for hydroxylation is 1. The molecule has 1 atom stereocenters. The Hall–Kier alpha value is -4.20. The van der Waals surface area contributed by atoms with E-state index in [0.717, 1.165) is 48.4 Å². The van der Waals surface area contributed by atoms with E-state index in [1.54, 1.807) is 7.11 Å². The van der Waals surface area contributed by atoms with Crippen LogP contribution in [-0.2, 0) is 25.4 Å². The van der Waals surface area contributed by atoms with E-state index < -0.39 is 5.97 Å². The summed E-state index contributed by atoms with van der Waals surface area (Å²) in [5.41, 5.74) is 4.93. The average Bonchev–Trinajstić information content (AvgIpc) is 3.02. The number of rotatable bonds is 19. The highest BCUT2D eigenvalue weighted by Crippen LogP contribution is 2.29. The van der Waals surface area contributed by atoms with Crippen LogP contribution in [0, 0.1) is 5.41 Å². The number of benzene rings is 3. The zero-order valence-electron chi connectivity index (χ0n) is 24.6. The van der Waals surface area contributed by atoms with Crippen LogP contribution in [0.25, 0.3) is 16.9 Å². The number of methoxy groups -OCH3 is 1. The van der Waals surface area contributed by atoms with Gasteiger partial charge in [0, 0.05) is 37.1 Å². The molecule has 0 bridgehead atoms. The molecule has 1 N–H and O–H groups in total. The van der Waals surface area contributed by atoms with Crippen molar-refractivity contribution in [1.82, 2.24) is 0 Å². The highest BCUT2D eigenvalue weighted by Gasteiger charge is 2.11.